The molecule has 0 aromatic carbocycles. The number of aliphatic hydroxyl groups is 1. The summed E-state index contributed by atoms with van der Waals surface area (Å²) in [7, 11) is 0. The van der Waals surface area contributed by atoms with Crippen molar-refractivity contribution in [1.29, 1.82) is 0 Å². The summed E-state index contributed by atoms with van der Waals surface area (Å²) in [5.74, 6) is 3.91. The highest BCUT2D eigenvalue weighted by atomic mass is 16.4. The first-order chi connectivity index (χ1) is 12.8. The van der Waals surface area contributed by atoms with E-state index in [1.165, 1.54) is 44.9 Å². The summed E-state index contributed by atoms with van der Waals surface area (Å²) >= 11 is 0. The van der Waals surface area contributed by atoms with Crippen molar-refractivity contribution in [2.24, 2.45) is 46.3 Å². The standard InChI is InChI=1S/C24H40O3/c1-15(4-9-22(26)27)19-7-8-20-18-6-5-16-14-17(25)10-12-23(16,2)21(18)11-13-24(19,20)3/h15-21,25H,4-14H2,1-3H3,(H,26,27)/t15-,16+,17-,18+,19+,20-,21-,23+,24-/m1/s1. The molecule has 2 N–H and O–H groups in total. The number of aliphatic carboxylic acids is 1. The van der Waals surface area contributed by atoms with Crippen molar-refractivity contribution < 1.29 is 15.0 Å². The van der Waals surface area contributed by atoms with Crippen LogP contribution >= 0.6 is 0 Å². The molecule has 0 saturated heterocycles. The van der Waals surface area contributed by atoms with Gasteiger partial charge in [0.05, 0.1) is 6.10 Å². The second kappa shape index (κ2) is 7.04. The molecular weight excluding hydrogens is 336 g/mol. The number of rotatable bonds is 4. The highest BCUT2D eigenvalue weighted by Gasteiger charge is 2.60. The molecule has 0 unspecified atom stereocenters. The molecule has 0 amide bonds. The Morgan fingerprint density at radius 2 is 1.70 bits per heavy atom. The van der Waals surface area contributed by atoms with Gasteiger partial charge in [0.25, 0.3) is 0 Å². The van der Waals surface area contributed by atoms with Gasteiger partial charge in [-0.3, -0.25) is 4.79 Å². The van der Waals surface area contributed by atoms with Crippen LogP contribution in [0.4, 0.5) is 0 Å². The Kier molecular flexibility index (Phi) is 5.15. The van der Waals surface area contributed by atoms with E-state index in [1.807, 2.05) is 0 Å². The molecule has 27 heavy (non-hydrogen) atoms. The summed E-state index contributed by atoms with van der Waals surface area (Å²) in [5, 5.41) is 19.3. The Hall–Kier alpha value is -0.570. The summed E-state index contributed by atoms with van der Waals surface area (Å²) in [6.45, 7) is 7.43. The molecule has 9 atom stereocenters. The summed E-state index contributed by atoms with van der Waals surface area (Å²) in [5.41, 5.74) is 0.882. The smallest absolute Gasteiger partial charge is 0.303 e. The molecule has 3 nitrogen and oxygen atoms in total. The van der Waals surface area contributed by atoms with Crippen LogP contribution in [0.1, 0.15) is 91.4 Å². The van der Waals surface area contributed by atoms with E-state index in [-0.39, 0.29) is 6.10 Å². The van der Waals surface area contributed by atoms with Crippen LogP contribution < -0.4 is 0 Å². The van der Waals surface area contributed by atoms with Gasteiger partial charge in [-0.2, -0.15) is 0 Å². The van der Waals surface area contributed by atoms with Crippen molar-refractivity contribution in [2.45, 2.75) is 97.5 Å². The fraction of sp³-hybridized carbons (Fsp3) is 0.958. The zero-order valence-electron chi connectivity index (χ0n) is 17.6. The van der Waals surface area contributed by atoms with Crippen LogP contribution in [-0.2, 0) is 4.79 Å². The van der Waals surface area contributed by atoms with Crippen LogP contribution in [0, 0.1) is 46.3 Å². The largest absolute Gasteiger partial charge is 0.481 e. The van der Waals surface area contributed by atoms with Gasteiger partial charge in [0.2, 0.25) is 0 Å². The van der Waals surface area contributed by atoms with Gasteiger partial charge in [-0.1, -0.05) is 20.8 Å². The third-order valence-electron chi connectivity index (χ3n) is 10.2. The molecule has 4 aliphatic rings. The minimum Gasteiger partial charge on any atom is -0.481 e. The topological polar surface area (TPSA) is 57.5 Å². The lowest BCUT2D eigenvalue weighted by molar-refractivity contribution is -0.138. The second-order valence-corrected chi connectivity index (χ2v) is 11.2. The Morgan fingerprint density at radius 3 is 2.44 bits per heavy atom. The van der Waals surface area contributed by atoms with E-state index in [2.05, 4.69) is 20.8 Å². The Bertz CT molecular complexity index is 574. The van der Waals surface area contributed by atoms with Crippen LogP contribution in [0.25, 0.3) is 0 Å². The van der Waals surface area contributed by atoms with Crippen LogP contribution in [0.3, 0.4) is 0 Å². The number of fused-ring (bicyclic) bond motifs is 5. The van der Waals surface area contributed by atoms with E-state index in [0.29, 0.717) is 29.1 Å². The molecule has 0 aromatic rings. The molecular formula is C24H40O3. The third kappa shape index (κ3) is 3.16. The summed E-state index contributed by atoms with van der Waals surface area (Å²) in [6.07, 6.45) is 12.4. The molecule has 4 aliphatic carbocycles. The minimum atomic E-state index is -0.643. The molecule has 0 heterocycles. The summed E-state index contributed by atoms with van der Waals surface area (Å²) in [4.78, 5) is 11.0. The molecule has 3 heteroatoms. The molecule has 4 saturated carbocycles. The Balaban J connectivity index is 1.51. The second-order valence-electron chi connectivity index (χ2n) is 11.2. The first-order valence-corrected chi connectivity index (χ1v) is 11.7. The molecule has 154 valence electrons. The van der Waals surface area contributed by atoms with Crippen molar-refractivity contribution in [3.05, 3.63) is 0 Å². The van der Waals surface area contributed by atoms with Gasteiger partial charge in [-0.25, -0.2) is 0 Å². The quantitative estimate of drug-likeness (QED) is 0.680. The minimum absolute atomic E-state index is 0.0561. The molecule has 0 spiro atoms. The normalized spacial score (nSPS) is 50.4. The average Bonchev–Trinajstić information content (AvgIpc) is 2.97. The van der Waals surface area contributed by atoms with Crippen LogP contribution in [-0.4, -0.2) is 22.3 Å². The van der Waals surface area contributed by atoms with Crippen molar-refractivity contribution in [1.82, 2.24) is 0 Å². The molecule has 0 aromatic heterocycles. The number of aliphatic hydroxyl groups excluding tert-OH is 1. The van der Waals surface area contributed by atoms with E-state index >= 15 is 0 Å². The van der Waals surface area contributed by atoms with E-state index in [1.54, 1.807) is 0 Å². The lowest BCUT2D eigenvalue weighted by atomic mass is 9.44. The van der Waals surface area contributed by atoms with Crippen LogP contribution in [0.5, 0.6) is 0 Å². The number of carbonyl (C=O) groups is 1. The zero-order valence-corrected chi connectivity index (χ0v) is 17.6. The summed E-state index contributed by atoms with van der Waals surface area (Å²) in [6, 6.07) is 0. The highest BCUT2D eigenvalue weighted by molar-refractivity contribution is 5.66. The van der Waals surface area contributed by atoms with Gasteiger partial charge in [-0.05, 0) is 111 Å². The predicted molar refractivity (Wildman–Crippen MR) is 107 cm³/mol. The summed E-state index contributed by atoms with van der Waals surface area (Å²) < 4.78 is 0. The number of carboxylic acid groups (broad SMARTS) is 1. The molecule has 0 aliphatic heterocycles. The Morgan fingerprint density at radius 1 is 1.00 bits per heavy atom. The monoisotopic (exact) mass is 376 g/mol. The van der Waals surface area contributed by atoms with Crippen molar-refractivity contribution >= 4 is 5.97 Å². The third-order valence-corrected chi connectivity index (χ3v) is 10.2. The van der Waals surface area contributed by atoms with Crippen LogP contribution in [0.2, 0.25) is 0 Å². The van der Waals surface area contributed by atoms with Gasteiger partial charge < -0.3 is 10.2 Å². The first-order valence-electron chi connectivity index (χ1n) is 11.7. The molecule has 4 rings (SSSR count). The van der Waals surface area contributed by atoms with Gasteiger partial charge >= 0.3 is 5.97 Å². The maximum atomic E-state index is 11.0. The maximum Gasteiger partial charge on any atom is 0.303 e. The molecule has 0 radical (unpaired) electrons. The van der Waals surface area contributed by atoms with Gasteiger partial charge in [0.15, 0.2) is 0 Å². The molecule has 0 bridgehead atoms. The maximum absolute atomic E-state index is 11.0. The van der Waals surface area contributed by atoms with E-state index in [9.17, 15) is 9.90 Å². The lowest BCUT2D eigenvalue weighted by Crippen LogP contribution is -2.54. The molecule has 4 fully saturated rings. The van der Waals surface area contributed by atoms with Crippen molar-refractivity contribution in [3.8, 4) is 0 Å². The lowest BCUT2D eigenvalue weighted by Gasteiger charge is -2.61. The van der Waals surface area contributed by atoms with E-state index in [4.69, 9.17) is 5.11 Å². The fourth-order valence-electron chi connectivity index (χ4n) is 8.76. The van der Waals surface area contributed by atoms with Crippen molar-refractivity contribution in [3.63, 3.8) is 0 Å². The number of hydrogen-bond acceptors (Lipinski definition) is 2. The van der Waals surface area contributed by atoms with Gasteiger partial charge in [0.1, 0.15) is 0 Å². The fourth-order valence-corrected chi connectivity index (χ4v) is 8.76. The highest BCUT2D eigenvalue weighted by Crippen LogP contribution is 2.68. The zero-order chi connectivity index (χ0) is 19.4. The average molecular weight is 377 g/mol. The number of hydrogen-bond donors (Lipinski definition) is 2. The Labute approximate surface area is 165 Å². The SMILES string of the molecule is C[C@H](CCC(=O)O)[C@@H]1CC[C@@H]2[C@@H]3CC[C@H]4C[C@H](O)CC[C@]4(C)[C@@H]3CC[C@@]21C. The van der Waals surface area contributed by atoms with E-state index < -0.39 is 5.97 Å². The van der Waals surface area contributed by atoms with Crippen molar-refractivity contribution in [2.75, 3.05) is 0 Å². The van der Waals surface area contributed by atoms with Gasteiger partial charge in [-0.15, -0.1) is 0 Å². The van der Waals surface area contributed by atoms with E-state index in [0.717, 1.165) is 42.9 Å². The first kappa shape index (κ1) is 19.7. The predicted octanol–water partition coefficient (Wildman–Crippen LogP) is 5.51. The van der Waals surface area contributed by atoms with Crippen LogP contribution in [0.15, 0.2) is 0 Å². The number of carboxylic acids is 1. The van der Waals surface area contributed by atoms with Gasteiger partial charge in [0, 0.05) is 6.42 Å².